The van der Waals surface area contributed by atoms with Crippen LogP contribution >= 0.6 is 0 Å². The number of benzene rings is 1. The summed E-state index contributed by atoms with van der Waals surface area (Å²) in [6.07, 6.45) is 0.865. The van der Waals surface area contributed by atoms with Crippen molar-refractivity contribution in [3.63, 3.8) is 0 Å². The van der Waals surface area contributed by atoms with Gasteiger partial charge >= 0.3 is 0 Å². The van der Waals surface area contributed by atoms with E-state index >= 15 is 0 Å². The Morgan fingerprint density at radius 2 is 2.32 bits per heavy atom. The zero-order chi connectivity index (χ0) is 13.2. The molecular formula is C13H13FN2O3. The molecule has 2 heterocycles. The lowest BCUT2D eigenvalue weighted by atomic mass is 10.1. The van der Waals surface area contributed by atoms with E-state index in [4.69, 9.17) is 14.0 Å². The molecule has 6 heteroatoms. The van der Waals surface area contributed by atoms with Crippen LogP contribution in [0.25, 0.3) is 11.5 Å². The van der Waals surface area contributed by atoms with Gasteiger partial charge in [-0.1, -0.05) is 5.16 Å². The molecular weight excluding hydrogens is 251 g/mol. The van der Waals surface area contributed by atoms with Gasteiger partial charge in [-0.2, -0.15) is 4.98 Å². The van der Waals surface area contributed by atoms with Gasteiger partial charge in [0, 0.05) is 18.6 Å². The fourth-order valence-corrected chi connectivity index (χ4v) is 2.04. The Bertz CT molecular complexity index is 579. The molecule has 0 radical (unpaired) electrons. The molecule has 0 aliphatic carbocycles. The minimum absolute atomic E-state index is 0.138. The lowest BCUT2D eigenvalue weighted by Gasteiger charge is -2.01. The van der Waals surface area contributed by atoms with Gasteiger partial charge in [0.1, 0.15) is 11.6 Å². The van der Waals surface area contributed by atoms with E-state index < -0.39 is 5.82 Å². The highest BCUT2D eigenvalue weighted by Gasteiger charge is 2.24. The van der Waals surface area contributed by atoms with E-state index in [1.807, 2.05) is 0 Å². The Balaban J connectivity index is 1.89. The zero-order valence-electron chi connectivity index (χ0n) is 10.4. The molecule has 1 aliphatic heterocycles. The third kappa shape index (κ3) is 2.31. The molecule has 1 fully saturated rings. The predicted octanol–water partition coefficient (Wildman–Crippen LogP) is 2.39. The zero-order valence-corrected chi connectivity index (χ0v) is 10.4. The largest absolute Gasteiger partial charge is 0.497 e. The molecule has 0 unspecified atom stereocenters. The third-order valence-electron chi connectivity index (χ3n) is 3.14. The van der Waals surface area contributed by atoms with Crippen molar-refractivity contribution >= 4 is 0 Å². The minimum Gasteiger partial charge on any atom is -0.497 e. The summed E-state index contributed by atoms with van der Waals surface area (Å²) in [4.78, 5) is 4.24. The van der Waals surface area contributed by atoms with E-state index in [2.05, 4.69) is 10.1 Å². The number of methoxy groups -OCH3 is 1. The lowest BCUT2D eigenvalue weighted by molar-refractivity contribution is 0.192. The van der Waals surface area contributed by atoms with Crippen LogP contribution < -0.4 is 4.74 Å². The van der Waals surface area contributed by atoms with Gasteiger partial charge in [-0.25, -0.2) is 4.39 Å². The fourth-order valence-electron chi connectivity index (χ4n) is 2.04. The summed E-state index contributed by atoms with van der Waals surface area (Å²) in [6, 6.07) is 4.51. The summed E-state index contributed by atoms with van der Waals surface area (Å²) in [7, 11) is 1.49. The first-order valence-corrected chi connectivity index (χ1v) is 6.03. The van der Waals surface area contributed by atoms with Crippen molar-refractivity contribution in [3.05, 3.63) is 29.8 Å². The summed E-state index contributed by atoms with van der Waals surface area (Å²) < 4.78 is 29.2. The Morgan fingerprint density at radius 1 is 1.42 bits per heavy atom. The van der Waals surface area contributed by atoms with Crippen LogP contribution in [0.15, 0.2) is 22.7 Å². The van der Waals surface area contributed by atoms with Crippen LogP contribution in [0.5, 0.6) is 5.75 Å². The summed E-state index contributed by atoms with van der Waals surface area (Å²) in [6.45, 7) is 1.29. The highest BCUT2D eigenvalue weighted by Crippen LogP contribution is 2.28. The van der Waals surface area contributed by atoms with Crippen LogP contribution in [0.2, 0.25) is 0 Å². The van der Waals surface area contributed by atoms with Crippen molar-refractivity contribution in [2.75, 3.05) is 20.3 Å². The van der Waals surface area contributed by atoms with Gasteiger partial charge in [0.05, 0.1) is 19.3 Å². The van der Waals surface area contributed by atoms with Crippen molar-refractivity contribution in [2.24, 2.45) is 0 Å². The number of halogens is 1. The van der Waals surface area contributed by atoms with Gasteiger partial charge in [-0.05, 0) is 18.6 Å². The Kier molecular flexibility index (Phi) is 3.16. The van der Waals surface area contributed by atoms with Crippen LogP contribution in [0.3, 0.4) is 0 Å². The molecule has 1 aliphatic rings. The SMILES string of the molecule is COc1ccc(-c2nc([C@@H]3CCOC3)no2)c(F)c1. The number of hydrogen-bond donors (Lipinski definition) is 0. The van der Waals surface area contributed by atoms with Crippen LogP contribution in [0.4, 0.5) is 4.39 Å². The summed E-state index contributed by atoms with van der Waals surface area (Å²) >= 11 is 0. The molecule has 0 bridgehead atoms. The molecule has 19 heavy (non-hydrogen) atoms. The molecule has 0 saturated carbocycles. The van der Waals surface area contributed by atoms with Crippen molar-refractivity contribution in [1.82, 2.24) is 10.1 Å². The summed E-state index contributed by atoms with van der Waals surface area (Å²) in [5.74, 6) is 0.894. The molecule has 1 aromatic heterocycles. The number of ether oxygens (including phenoxy) is 2. The third-order valence-corrected chi connectivity index (χ3v) is 3.14. The van der Waals surface area contributed by atoms with Crippen molar-refractivity contribution in [3.8, 4) is 17.2 Å². The predicted molar refractivity (Wildman–Crippen MR) is 64.4 cm³/mol. The van der Waals surface area contributed by atoms with E-state index in [9.17, 15) is 4.39 Å². The molecule has 1 saturated heterocycles. The molecule has 0 spiro atoms. The monoisotopic (exact) mass is 264 g/mol. The van der Waals surface area contributed by atoms with Crippen LogP contribution in [-0.4, -0.2) is 30.5 Å². The minimum atomic E-state index is -0.447. The molecule has 0 amide bonds. The van der Waals surface area contributed by atoms with Crippen LogP contribution in [0.1, 0.15) is 18.2 Å². The highest BCUT2D eigenvalue weighted by atomic mass is 19.1. The van der Waals surface area contributed by atoms with Gasteiger partial charge < -0.3 is 14.0 Å². The maximum Gasteiger partial charge on any atom is 0.260 e. The van der Waals surface area contributed by atoms with Gasteiger partial charge in [-0.3, -0.25) is 0 Å². The second kappa shape index (κ2) is 4.97. The Morgan fingerprint density at radius 3 is 3.00 bits per heavy atom. The first-order chi connectivity index (χ1) is 9.28. The van der Waals surface area contributed by atoms with Crippen LogP contribution in [-0.2, 0) is 4.74 Å². The molecule has 3 rings (SSSR count). The average molecular weight is 264 g/mol. The number of rotatable bonds is 3. The van der Waals surface area contributed by atoms with E-state index in [1.54, 1.807) is 12.1 Å². The quantitative estimate of drug-likeness (QED) is 0.852. The van der Waals surface area contributed by atoms with E-state index in [-0.39, 0.29) is 17.4 Å². The maximum atomic E-state index is 13.9. The fraction of sp³-hybridized carbons (Fsp3) is 0.385. The van der Waals surface area contributed by atoms with Gasteiger partial charge in [0.25, 0.3) is 5.89 Å². The normalized spacial score (nSPS) is 18.7. The Hall–Kier alpha value is -1.95. The van der Waals surface area contributed by atoms with Gasteiger partial charge in [0.15, 0.2) is 5.82 Å². The van der Waals surface area contributed by atoms with E-state index in [1.165, 1.54) is 13.2 Å². The maximum absolute atomic E-state index is 13.9. The first kappa shape index (κ1) is 12.1. The van der Waals surface area contributed by atoms with Crippen molar-refractivity contribution in [2.45, 2.75) is 12.3 Å². The highest BCUT2D eigenvalue weighted by molar-refractivity contribution is 5.55. The number of hydrogen-bond acceptors (Lipinski definition) is 5. The number of nitrogens with zero attached hydrogens (tertiary/aromatic N) is 2. The van der Waals surface area contributed by atoms with E-state index in [0.717, 1.165) is 6.42 Å². The molecule has 0 N–H and O–H groups in total. The van der Waals surface area contributed by atoms with Crippen molar-refractivity contribution < 1.29 is 18.4 Å². The molecule has 5 nitrogen and oxygen atoms in total. The second-order valence-corrected chi connectivity index (χ2v) is 4.36. The summed E-state index contributed by atoms with van der Waals surface area (Å²) in [5.41, 5.74) is 0.276. The summed E-state index contributed by atoms with van der Waals surface area (Å²) in [5, 5.41) is 3.89. The number of aromatic nitrogens is 2. The van der Waals surface area contributed by atoms with Gasteiger partial charge in [-0.15, -0.1) is 0 Å². The van der Waals surface area contributed by atoms with E-state index in [0.29, 0.717) is 24.8 Å². The molecule has 1 atom stereocenters. The standard InChI is InChI=1S/C13H13FN2O3/c1-17-9-2-3-10(11(14)6-9)13-15-12(16-19-13)8-4-5-18-7-8/h2-3,6,8H,4-5,7H2,1H3/t8-/m1/s1. The van der Waals surface area contributed by atoms with Gasteiger partial charge in [0.2, 0.25) is 0 Å². The molecule has 2 aromatic rings. The molecule has 100 valence electrons. The Labute approximate surface area is 109 Å². The second-order valence-electron chi connectivity index (χ2n) is 4.36. The topological polar surface area (TPSA) is 57.4 Å². The van der Waals surface area contributed by atoms with Crippen LogP contribution in [0, 0.1) is 5.82 Å². The smallest absolute Gasteiger partial charge is 0.260 e. The lowest BCUT2D eigenvalue weighted by Crippen LogP contribution is -1.99. The van der Waals surface area contributed by atoms with Crippen molar-refractivity contribution in [1.29, 1.82) is 0 Å². The first-order valence-electron chi connectivity index (χ1n) is 6.03. The molecule has 1 aromatic carbocycles. The average Bonchev–Trinajstić information content (AvgIpc) is 3.09.